The molecule has 1 saturated heterocycles. The van der Waals surface area contributed by atoms with Crippen molar-refractivity contribution in [3.05, 3.63) is 96.1 Å². The van der Waals surface area contributed by atoms with Crippen molar-refractivity contribution in [3.8, 4) is 0 Å². The van der Waals surface area contributed by atoms with Crippen LogP contribution in [0.15, 0.2) is 79.4 Å². The molecule has 1 fully saturated rings. The van der Waals surface area contributed by atoms with E-state index in [0.717, 1.165) is 11.1 Å². The highest BCUT2D eigenvalue weighted by Crippen LogP contribution is 2.31. The molecule has 0 radical (unpaired) electrons. The maximum Gasteiger partial charge on any atom is 0.251 e. The Balaban J connectivity index is 1.61. The van der Waals surface area contributed by atoms with Crippen LogP contribution in [0, 0.1) is 0 Å². The highest BCUT2D eigenvalue weighted by atomic mass is 16.2. The van der Waals surface area contributed by atoms with Gasteiger partial charge in [-0.1, -0.05) is 36.4 Å². The summed E-state index contributed by atoms with van der Waals surface area (Å²) in [6, 6.07) is 16.6. The average molecular weight is 415 g/mol. The summed E-state index contributed by atoms with van der Waals surface area (Å²) in [6.07, 6.45) is 6.75. The molecular formula is C24H25N5O2. The van der Waals surface area contributed by atoms with Gasteiger partial charge in [0.25, 0.3) is 5.91 Å². The molecule has 3 heterocycles. The Morgan fingerprint density at radius 1 is 1.03 bits per heavy atom. The topological polar surface area (TPSA) is 78.4 Å². The SMILES string of the molecule is CN1C[C@@H](CNC(=O)c2ccncc2)N(Cc2cccnc2)[C@@H](c2ccccc2)C1=O. The fraction of sp³-hybridized carbons (Fsp3) is 0.250. The molecule has 2 amide bonds. The first-order valence-electron chi connectivity index (χ1n) is 10.3. The van der Waals surface area contributed by atoms with Crippen LogP contribution in [0.1, 0.15) is 27.5 Å². The molecule has 31 heavy (non-hydrogen) atoms. The van der Waals surface area contributed by atoms with Crippen LogP contribution in [0.3, 0.4) is 0 Å². The van der Waals surface area contributed by atoms with Crippen LogP contribution in [0.4, 0.5) is 0 Å². The zero-order chi connectivity index (χ0) is 21.6. The Bertz CT molecular complexity index is 1010. The molecular weight excluding hydrogens is 390 g/mol. The van der Waals surface area contributed by atoms with Crippen LogP contribution >= 0.6 is 0 Å². The first kappa shape index (κ1) is 20.7. The lowest BCUT2D eigenvalue weighted by Gasteiger charge is -2.45. The predicted octanol–water partition coefficient (Wildman–Crippen LogP) is 2.29. The summed E-state index contributed by atoms with van der Waals surface area (Å²) >= 11 is 0. The molecule has 0 unspecified atom stereocenters. The second kappa shape index (κ2) is 9.49. The molecule has 7 nitrogen and oxygen atoms in total. The van der Waals surface area contributed by atoms with Crippen LogP contribution in [-0.4, -0.2) is 57.8 Å². The number of benzene rings is 1. The minimum Gasteiger partial charge on any atom is -0.350 e. The molecule has 0 bridgehead atoms. The quantitative estimate of drug-likeness (QED) is 0.668. The van der Waals surface area contributed by atoms with E-state index >= 15 is 0 Å². The van der Waals surface area contributed by atoms with E-state index in [4.69, 9.17) is 0 Å². The molecule has 0 spiro atoms. The van der Waals surface area contributed by atoms with E-state index in [9.17, 15) is 9.59 Å². The van der Waals surface area contributed by atoms with Gasteiger partial charge in [-0.05, 0) is 29.3 Å². The van der Waals surface area contributed by atoms with E-state index in [2.05, 4.69) is 20.2 Å². The fourth-order valence-electron chi connectivity index (χ4n) is 3.96. The number of amides is 2. The number of nitrogens with one attached hydrogen (secondary N) is 1. The van der Waals surface area contributed by atoms with Gasteiger partial charge >= 0.3 is 0 Å². The van der Waals surface area contributed by atoms with E-state index < -0.39 is 6.04 Å². The Morgan fingerprint density at radius 2 is 1.81 bits per heavy atom. The molecule has 1 N–H and O–H groups in total. The second-order valence-electron chi connectivity index (χ2n) is 7.67. The summed E-state index contributed by atoms with van der Waals surface area (Å²) in [4.78, 5) is 37.9. The van der Waals surface area contributed by atoms with Gasteiger partial charge in [-0.2, -0.15) is 0 Å². The summed E-state index contributed by atoms with van der Waals surface area (Å²) in [5.74, 6) is -0.105. The van der Waals surface area contributed by atoms with Gasteiger partial charge in [0.05, 0.1) is 0 Å². The Morgan fingerprint density at radius 3 is 2.52 bits per heavy atom. The summed E-state index contributed by atoms with van der Waals surface area (Å²) in [6.45, 7) is 1.50. The van der Waals surface area contributed by atoms with Crippen LogP contribution in [0.2, 0.25) is 0 Å². The number of hydrogen-bond acceptors (Lipinski definition) is 5. The third-order valence-electron chi connectivity index (χ3n) is 5.54. The van der Waals surface area contributed by atoms with Crippen LogP contribution < -0.4 is 5.32 Å². The van der Waals surface area contributed by atoms with Gasteiger partial charge in [0.2, 0.25) is 5.91 Å². The van der Waals surface area contributed by atoms with Crippen molar-refractivity contribution in [3.63, 3.8) is 0 Å². The highest BCUT2D eigenvalue weighted by molar-refractivity contribution is 5.94. The molecule has 1 aliphatic heterocycles. The summed E-state index contributed by atoms with van der Waals surface area (Å²) < 4.78 is 0. The van der Waals surface area contributed by atoms with E-state index in [0.29, 0.717) is 25.2 Å². The van der Waals surface area contributed by atoms with Crippen molar-refractivity contribution >= 4 is 11.8 Å². The highest BCUT2D eigenvalue weighted by Gasteiger charge is 2.40. The molecule has 4 rings (SSSR count). The molecule has 158 valence electrons. The second-order valence-corrected chi connectivity index (χ2v) is 7.67. The standard InChI is InChI=1S/C24H25N5O2/c1-28-17-21(15-27-23(30)20-9-12-25-13-10-20)29(16-18-6-5-11-26-14-18)22(24(28)31)19-7-3-2-4-8-19/h2-14,21-22H,15-17H2,1H3,(H,27,30)/t21-,22+/m1/s1. The Labute approximate surface area is 181 Å². The lowest BCUT2D eigenvalue weighted by Crippen LogP contribution is -2.59. The lowest BCUT2D eigenvalue weighted by molar-refractivity contribution is -0.144. The van der Waals surface area contributed by atoms with Crippen molar-refractivity contribution in [1.82, 2.24) is 25.1 Å². The maximum absolute atomic E-state index is 13.2. The summed E-state index contributed by atoms with van der Waals surface area (Å²) in [7, 11) is 1.82. The lowest BCUT2D eigenvalue weighted by atomic mass is 9.97. The van der Waals surface area contributed by atoms with Crippen molar-refractivity contribution < 1.29 is 9.59 Å². The van der Waals surface area contributed by atoms with Crippen LogP contribution in [0.5, 0.6) is 0 Å². The van der Waals surface area contributed by atoms with Gasteiger partial charge in [0.15, 0.2) is 0 Å². The maximum atomic E-state index is 13.2. The Kier molecular flexibility index (Phi) is 6.33. The van der Waals surface area contributed by atoms with Crippen molar-refractivity contribution in [2.24, 2.45) is 0 Å². The van der Waals surface area contributed by atoms with Gasteiger partial charge < -0.3 is 10.2 Å². The van der Waals surface area contributed by atoms with Crippen LogP contribution in [0.25, 0.3) is 0 Å². The van der Waals surface area contributed by atoms with Gasteiger partial charge in [-0.25, -0.2) is 0 Å². The predicted molar refractivity (Wildman–Crippen MR) is 117 cm³/mol. The normalized spacial score (nSPS) is 19.3. The summed E-state index contributed by atoms with van der Waals surface area (Å²) in [5, 5.41) is 3.03. The number of piperazine rings is 1. The zero-order valence-electron chi connectivity index (χ0n) is 17.4. The number of rotatable bonds is 6. The zero-order valence-corrected chi connectivity index (χ0v) is 17.4. The first-order valence-corrected chi connectivity index (χ1v) is 10.3. The summed E-state index contributed by atoms with van der Waals surface area (Å²) in [5.41, 5.74) is 2.52. The number of carbonyl (C=O) groups excluding carboxylic acids is 2. The minimum absolute atomic E-state index is 0.0480. The molecule has 0 aliphatic carbocycles. The Hall–Kier alpha value is -3.58. The van der Waals surface area contributed by atoms with E-state index in [1.54, 1.807) is 35.6 Å². The number of nitrogens with zero attached hydrogens (tertiary/aromatic N) is 4. The number of likely N-dealkylation sites (N-methyl/N-ethyl adjacent to an activating group) is 1. The van der Waals surface area contributed by atoms with Gasteiger partial charge in [0, 0.05) is 63.1 Å². The molecule has 2 atom stereocenters. The van der Waals surface area contributed by atoms with Crippen molar-refractivity contribution in [2.45, 2.75) is 18.6 Å². The molecule has 1 aromatic carbocycles. The number of pyridine rings is 2. The largest absolute Gasteiger partial charge is 0.350 e. The third-order valence-corrected chi connectivity index (χ3v) is 5.54. The smallest absolute Gasteiger partial charge is 0.251 e. The van der Waals surface area contributed by atoms with E-state index in [1.807, 2.05) is 55.7 Å². The average Bonchev–Trinajstić information content (AvgIpc) is 2.82. The molecule has 2 aromatic heterocycles. The van der Waals surface area contributed by atoms with Gasteiger partial charge in [-0.15, -0.1) is 0 Å². The van der Waals surface area contributed by atoms with Gasteiger partial charge in [0.1, 0.15) is 6.04 Å². The van der Waals surface area contributed by atoms with E-state index in [-0.39, 0.29) is 17.9 Å². The fourth-order valence-corrected chi connectivity index (χ4v) is 3.96. The number of carbonyl (C=O) groups is 2. The molecule has 3 aromatic rings. The third kappa shape index (κ3) is 4.78. The van der Waals surface area contributed by atoms with Crippen LogP contribution in [-0.2, 0) is 11.3 Å². The van der Waals surface area contributed by atoms with E-state index in [1.165, 1.54) is 0 Å². The van der Waals surface area contributed by atoms with Crippen molar-refractivity contribution in [1.29, 1.82) is 0 Å². The molecule has 1 aliphatic rings. The number of hydrogen-bond donors (Lipinski definition) is 1. The molecule has 7 heteroatoms. The minimum atomic E-state index is -0.428. The number of aromatic nitrogens is 2. The van der Waals surface area contributed by atoms with Crippen molar-refractivity contribution in [2.75, 3.05) is 20.1 Å². The first-order chi connectivity index (χ1) is 15.1. The van der Waals surface area contributed by atoms with Gasteiger partial charge in [-0.3, -0.25) is 24.5 Å². The molecule has 0 saturated carbocycles. The monoisotopic (exact) mass is 415 g/mol.